The van der Waals surface area contributed by atoms with Gasteiger partial charge in [0.15, 0.2) is 5.78 Å². The molecule has 0 fully saturated rings. The van der Waals surface area contributed by atoms with Crippen molar-refractivity contribution in [3.63, 3.8) is 0 Å². The fourth-order valence-corrected chi connectivity index (χ4v) is 2.86. The number of aromatic amines is 1. The van der Waals surface area contributed by atoms with Crippen LogP contribution in [0.25, 0.3) is 10.9 Å². The van der Waals surface area contributed by atoms with Gasteiger partial charge in [-0.05, 0) is 59.3 Å². The largest absolute Gasteiger partial charge is 0.360 e. The molecule has 0 atom stereocenters. The molecular weight excluding hydrogens is 368 g/mol. The number of ketones is 1. The van der Waals surface area contributed by atoms with Crippen LogP contribution < -0.4 is 0 Å². The van der Waals surface area contributed by atoms with E-state index in [1.54, 1.807) is 12.3 Å². The van der Waals surface area contributed by atoms with E-state index < -0.39 is 0 Å². The highest BCUT2D eigenvalue weighted by Crippen LogP contribution is 2.25. The SMILES string of the molecule is Cc1cccc(C(=O)c2c[nH]c3cc(F)ccc23)c1I. The van der Waals surface area contributed by atoms with Crippen LogP contribution in [-0.4, -0.2) is 10.8 Å². The van der Waals surface area contributed by atoms with E-state index in [1.165, 1.54) is 12.1 Å². The Labute approximate surface area is 129 Å². The molecule has 0 spiro atoms. The lowest BCUT2D eigenvalue weighted by Crippen LogP contribution is -2.04. The quantitative estimate of drug-likeness (QED) is 0.518. The summed E-state index contributed by atoms with van der Waals surface area (Å²) in [5, 5.41) is 0.744. The highest BCUT2D eigenvalue weighted by molar-refractivity contribution is 14.1. The maximum Gasteiger partial charge on any atom is 0.196 e. The molecule has 0 amide bonds. The zero-order chi connectivity index (χ0) is 14.3. The second-order valence-electron chi connectivity index (χ2n) is 4.66. The number of hydrogen-bond donors (Lipinski definition) is 1. The zero-order valence-electron chi connectivity index (χ0n) is 10.7. The maximum absolute atomic E-state index is 13.2. The van der Waals surface area contributed by atoms with Gasteiger partial charge in [0, 0.05) is 31.8 Å². The molecule has 100 valence electrons. The average molecular weight is 379 g/mol. The van der Waals surface area contributed by atoms with Crippen LogP contribution in [0.2, 0.25) is 0 Å². The number of fused-ring (bicyclic) bond motifs is 1. The van der Waals surface area contributed by atoms with Crippen molar-refractivity contribution in [2.24, 2.45) is 0 Å². The van der Waals surface area contributed by atoms with Crippen LogP contribution in [0.5, 0.6) is 0 Å². The van der Waals surface area contributed by atoms with E-state index in [-0.39, 0.29) is 11.6 Å². The summed E-state index contributed by atoms with van der Waals surface area (Å²) in [5.74, 6) is -0.362. The molecule has 1 aromatic heterocycles. The first-order valence-electron chi connectivity index (χ1n) is 6.14. The standard InChI is InChI=1S/C16H11FINO/c1-9-3-2-4-12(15(9)18)16(20)13-8-19-14-7-10(17)5-6-11(13)14/h2-8,19H,1H3. The fourth-order valence-electron chi connectivity index (χ4n) is 2.25. The molecule has 3 rings (SSSR count). The topological polar surface area (TPSA) is 32.9 Å². The first-order chi connectivity index (χ1) is 9.58. The van der Waals surface area contributed by atoms with Crippen LogP contribution in [0.15, 0.2) is 42.6 Å². The van der Waals surface area contributed by atoms with Crippen molar-refractivity contribution in [3.8, 4) is 0 Å². The van der Waals surface area contributed by atoms with E-state index in [0.717, 1.165) is 14.5 Å². The first kappa shape index (κ1) is 13.3. The lowest BCUT2D eigenvalue weighted by atomic mass is 10.0. The summed E-state index contributed by atoms with van der Waals surface area (Å²) < 4.78 is 14.1. The van der Waals surface area contributed by atoms with Gasteiger partial charge in [0.2, 0.25) is 0 Å². The van der Waals surface area contributed by atoms with Gasteiger partial charge in [-0.25, -0.2) is 4.39 Å². The molecular formula is C16H11FINO. The highest BCUT2D eigenvalue weighted by atomic mass is 127. The number of H-pyrrole nitrogens is 1. The molecule has 0 aliphatic rings. The number of aromatic nitrogens is 1. The van der Waals surface area contributed by atoms with Crippen molar-refractivity contribution in [1.29, 1.82) is 0 Å². The molecule has 0 saturated carbocycles. The summed E-state index contributed by atoms with van der Waals surface area (Å²) in [6, 6.07) is 10.1. The fraction of sp³-hybridized carbons (Fsp3) is 0.0625. The third-order valence-corrected chi connectivity index (χ3v) is 4.76. The van der Waals surface area contributed by atoms with Gasteiger partial charge in [-0.3, -0.25) is 4.79 Å². The molecule has 20 heavy (non-hydrogen) atoms. The number of nitrogens with one attached hydrogen (secondary N) is 1. The molecule has 0 aliphatic carbocycles. The Morgan fingerprint density at radius 2 is 2.00 bits per heavy atom. The predicted octanol–water partition coefficient (Wildman–Crippen LogP) is 4.45. The van der Waals surface area contributed by atoms with E-state index >= 15 is 0 Å². The second kappa shape index (κ2) is 5.01. The first-order valence-corrected chi connectivity index (χ1v) is 7.22. The monoisotopic (exact) mass is 379 g/mol. The molecule has 0 aliphatic heterocycles. The Morgan fingerprint density at radius 3 is 2.80 bits per heavy atom. The molecule has 1 N–H and O–H groups in total. The molecule has 0 unspecified atom stereocenters. The van der Waals surface area contributed by atoms with Crippen molar-refractivity contribution in [2.75, 3.05) is 0 Å². The Kier molecular flexibility index (Phi) is 3.33. The second-order valence-corrected chi connectivity index (χ2v) is 5.74. The molecule has 3 aromatic rings. The normalized spacial score (nSPS) is 10.9. The predicted molar refractivity (Wildman–Crippen MR) is 85.6 cm³/mol. The third kappa shape index (κ3) is 2.14. The van der Waals surface area contributed by atoms with Crippen molar-refractivity contribution >= 4 is 39.3 Å². The van der Waals surface area contributed by atoms with E-state index in [4.69, 9.17) is 0 Å². The van der Waals surface area contributed by atoms with Crippen LogP contribution in [0.1, 0.15) is 21.5 Å². The summed E-state index contributed by atoms with van der Waals surface area (Å²) in [6.45, 7) is 1.98. The summed E-state index contributed by atoms with van der Waals surface area (Å²) >= 11 is 2.18. The van der Waals surface area contributed by atoms with E-state index in [1.807, 2.05) is 25.1 Å². The Hall–Kier alpha value is -1.69. The Morgan fingerprint density at radius 1 is 1.20 bits per heavy atom. The van der Waals surface area contributed by atoms with E-state index in [0.29, 0.717) is 16.6 Å². The van der Waals surface area contributed by atoms with Gasteiger partial charge in [-0.1, -0.05) is 12.1 Å². The lowest BCUT2D eigenvalue weighted by molar-refractivity contribution is 0.103. The van der Waals surface area contributed by atoms with Gasteiger partial charge in [-0.15, -0.1) is 0 Å². The number of carbonyl (C=O) groups is 1. The highest BCUT2D eigenvalue weighted by Gasteiger charge is 2.17. The van der Waals surface area contributed by atoms with Gasteiger partial charge < -0.3 is 4.98 Å². The molecule has 0 bridgehead atoms. The number of benzene rings is 2. The lowest BCUT2D eigenvalue weighted by Gasteiger charge is -2.05. The summed E-state index contributed by atoms with van der Waals surface area (Å²) in [4.78, 5) is 15.6. The summed E-state index contributed by atoms with van der Waals surface area (Å²) in [7, 11) is 0. The maximum atomic E-state index is 13.2. The minimum Gasteiger partial charge on any atom is -0.360 e. The van der Waals surface area contributed by atoms with E-state index in [2.05, 4.69) is 27.6 Å². The zero-order valence-corrected chi connectivity index (χ0v) is 12.9. The molecule has 0 saturated heterocycles. The van der Waals surface area contributed by atoms with Crippen LogP contribution in [0, 0.1) is 16.3 Å². The minimum absolute atomic E-state index is 0.0454. The van der Waals surface area contributed by atoms with Crippen LogP contribution in [-0.2, 0) is 0 Å². The third-order valence-electron chi connectivity index (χ3n) is 3.32. The smallest absolute Gasteiger partial charge is 0.196 e. The number of halogens is 2. The van der Waals surface area contributed by atoms with Crippen molar-refractivity contribution in [3.05, 3.63) is 68.7 Å². The number of aryl methyl sites for hydroxylation is 1. The molecule has 4 heteroatoms. The van der Waals surface area contributed by atoms with Gasteiger partial charge in [0.05, 0.1) is 0 Å². The van der Waals surface area contributed by atoms with Crippen LogP contribution >= 0.6 is 22.6 Å². The molecule has 1 heterocycles. The van der Waals surface area contributed by atoms with Crippen LogP contribution in [0.3, 0.4) is 0 Å². The summed E-state index contributed by atoms with van der Waals surface area (Å²) in [5.41, 5.74) is 2.96. The van der Waals surface area contributed by atoms with Crippen molar-refractivity contribution in [2.45, 2.75) is 6.92 Å². The van der Waals surface area contributed by atoms with Crippen molar-refractivity contribution in [1.82, 2.24) is 4.98 Å². The van der Waals surface area contributed by atoms with Gasteiger partial charge in [-0.2, -0.15) is 0 Å². The van der Waals surface area contributed by atoms with E-state index in [9.17, 15) is 9.18 Å². The van der Waals surface area contributed by atoms with Gasteiger partial charge in [0.25, 0.3) is 0 Å². The minimum atomic E-state index is -0.316. The molecule has 0 radical (unpaired) electrons. The number of hydrogen-bond acceptors (Lipinski definition) is 1. The number of carbonyl (C=O) groups excluding carboxylic acids is 1. The van der Waals surface area contributed by atoms with Crippen molar-refractivity contribution < 1.29 is 9.18 Å². The summed E-state index contributed by atoms with van der Waals surface area (Å²) in [6.07, 6.45) is 1.64. The van der Waals surface area contributed by atoms with Crippen LogP contribution in [0.4, 0.5) is 4.39 Å². The van der Waals surface area contributed by atoms with Gasteiger partial charge >= 0.3 is 0 Å². The average Bonchev–Trinajstić information content (AvgIpc) is 2.84. The number of rotatable bonds is 2. The molecule has 2 aromatic carbocycles. The van der Waals surface area contributed by atoms with Gasteiger partial charge in [0.1, 0.15) is 5.82 Å². The Balaban J connectivity index is 2.16. The Bertz CT molecular complexity index is 822. The molecule has 2 nitrogen and oxygen atoms in total.